The number of amides is 1. The normalized spacial score (nSPS) is 10.7. The SMILES string of the molecule is COc1ccc(CCNC(=O)c2ccc(-c3ccc4ccccc4c3)[nH]c2=O)cc1OC. The van der Waals surface area contributed by atoms with E-state index in [1.807, 2.05) is 60.7 Å². The lowest BCUT2D eigenvalue weighted by Crippen LogP contribution is -2.31. The second-order valence-corrected chi connectivity index (χ2v) is 7.37. The zero-order valence-corrected chi connectivity index (χ0v) is 18.0. The molecule has 0 bridgehead atoms. The van der Waals surface area contributed by atoms with Crippen molar-refractivity contribution in [2.24, 2.45) is 0 Å². The monoisotopic (exact) mass is 428 g/mol. The Balaban J connectivity index is 1.43. The molecule has 6 nitrogen and oxygen atoms in total. The van der Waals surface area contributed by atoms with Crippen LogP contribution < -0.4 is 20.3 Å². The number of methoxy groups -OCH3 is 2. The second-order valence-electron chi connectivity index (χ2n) is 7.37. The summed E-state index contributed by atoms with van der Waals surface area (Å²) in [5.74, 6) is 0.882. The van der Waals surface area contributed by atoms with Crippen molar-refractivity contribution in [1.29, 1.82) is 0 Å². The highest BCUT2D eigenvalue weighted by Crippen LogP contribution is 2.27. The molecule has 0 aliphatic carbocycles. The van der Waals surface area contributed by atoms with Crippen molar-refractivity contribution in [3.05, 3.63) is 94.3 Å². The number of nitrogens with one attached hydrogen (secondary N) is 2. The average Bonchev–Trinajstić information content (AvgIpc) is 2.83. The fourth-order valence-electron chi connectivity index (χ4n) is 3.63. The van der Waals surface area contributed by atoms with Gasteiger partial charge in [-0.2, -0.15) is 0 Å². The Kier molecular flexibility index (Phi) is 6.22. The van der Waals surface area contributed by atoms with Crippen LogP contribution >= 0.6 is 0 Å². The van der Waals surface area contributed by atoms with Gasteiger partial charge in [-0.3, -0.25) is 9.59 Å². The van der Waals surface area contributed by atoms with Gasteiger partial charge < -0.3 is 19.8 Å². The number of carbonyl (C=O) groups is 1. The molecule has 162 valence electrons. The molecule has 0 aliphatic rings. The van der Waals surface area contributed by atoms with Crippen molar-refractivity contribution in [3.8, 4) is 22.8 Å². The summed E-state index contributed by atoms with van der Waals surface area (Å²) in [7, 11) is 3.16. The van der Waals surface area contributed by atoms with E-state index in [1.54, 1.807) is 26.4 Å². The molecule has 6 heteroatoms. The quantitative estimate of drug-likeness (QED) is 0.463. The second kappa shape index (κ2) is 9.39. The van der Waals surface area contributed by atoms with Crippen LogP contribution in [0.2, 0.25) is 0 Å². The first-order valence-electron chi connectivity index (χ1n) is 10.3. The number of hydrogen-bond acceptors (Lipinski definition) is 4. The van der Waals surface area contributed by atoms with Crippen molar-refractivity contribution in [3.63, 3.8) is 0 Å². The number of rotatable bonds is 7. The van der Waals surface area contributed by atoms with E-state index in [2.05, 4.69) is 10.3 Å². The van der Waals surface area contributed by atoms with Crippen molar-refractivity contribution in [2.75, 3.05) is 20.8 Å². The number of ether oxygens (including phenoxy) is 2. The van der Waals surface area contributed by atoms with Gasteiger partial charge in [0, 0.05) is 12.2 Å². The molecule has 4 rings (SSSR count). The summed E-state index contributed by atoms with van der Waals surface area (Å²) in [6, 6.07) is 22.9. The molecule has 1 heterocycles. The third kappa shape index (κ3) is 4.49. The van der Waals surface area contributed by atoms with Crippen LogP contribution in [0.3, 0.4) is 0 Å². The van der Waals surface area contributed by atoms with E-state index >= 15 is 0 Å². The molecule has 0 radical (unpaired) electrons. The number of benzene rings is 3. The average molecular weight is 428 g/mol. The molecule has 3 aromatic carbocycles. The Morgan fingerprint density at radius 2 is 1.66 bits per heavy atom. The van der Waals surface area contributed by atoms with Crippen LogP contribution in [-0.2, 0) is 6.42 Å². The first-order chi connectivity index (χ1) is 15.6. The van der Waals surface area contributed by atoms with Gasteiger partial charge in [0.15, 0.2) is 11.5 Å². The number of carbonyl (C=O) groups excluding carboxylic acids is 1. The third-order valence-electron chi connectivity index (χ3n) is 5.36. The molecular formula is C26H24N2O4. The molecule has 32 heavy (non-hydrogen) atoms. The minimum atomic E-state index is -0.417. The van der Waals surface area contributed by atoms with Gasteiger partial charge in [-0.05, 0) is 58.7 Å². The molecule has 0 spiro atoms. The largest absolute Gasteiger partial charge is 0.493 e. The number of fused-ring (bicyclic) bond motifs is 1. The predicted molar refractivity (Wildman–Crippen MR) is 126 cm³/mol. The Bertz CT molecular complexity index is 1330. The summed E-state index contributed by atoms with van der Waals surface area (Å²) < 4.78 is 10.5. The highest BCUT2D eigenvalue weighted by atomic mass is 16.5. The number of hydrogen-bond donors (Lipinski definition) is 2. The molecule has 0 saturated heterocycles. The third-order valence-corrected chi connectivity index (χ3v) is 5.36. The summed E-state index contributed by atoms with van der Waals surface area (Å²) in [5.41, 5.74) is 2.22. The van der Waals surface area contributed by atoms with Gasteiger partial charge in [0.1, 0.15) is 5.56 Å². The molecule has 0 saturated carbocycles. The zero-order chi connectivity index (χ0) is 22.5. The summed E-state index contributed by atoms with van der Waals surface area (Å²) in [6.45, 7) is 0.389. The highest BCUT2D eigenvalue weighted by Gasteiger charge is 2.12. The molecular weight excluding hydrogens is 404 g/mol. The molecule has 0 fully saturated rings. The van der Waals surface area contributed by atoms with Crippen molar-refractivity contribution < 1.29 is 14.3 Å². The molecule has 0 aliphatic heterocycles. The molecule has 2 N–H and O–H groups in total. The smallest absolute Gasteiger partial charge is 0.261 e. The van der Waals surface area contributed by atoms with Gasteiger partial charge in [-0.15, -0.1) is 0 Å². The molecule has 0 atom stereocenters. The summed E-state index contributed by atoms with van der Waals surface area (Å²) >= 11 is 0. The van der Waals surface area contributed by atoms with E-state index in [9.17, 15) is 9.59 Å². The van der Waals surface area contributed by atoms with Gasteiger partial charge in [-0.1, -0.05) is 42.5 Å². The standard InChI is InChI=1S/C26H24N2O4/c1-31-23-12-7-17(15-24(23)32-2)13-14-27-25(29)21-10-11-22(28-26(21)30)20-9-8-18-5-3-4-6-19(18)16-20/h3-12,15-16H,13-14H2,1-2H3,(H,27,29)(H,28,30). The summed E-state index contributed by atoms with van der Waals surface area (Å²) in [4.78, 5) is 27.9. The van der Waals surface area contributed by atoms with Crippen molar-refractivity contribution >= 4 is 16.7 Å². The van der Waals surface area contributed by atoms with Gasteiger partial charge in [0.25, 0.3) is 11.5 Å². The van der Waals surface area contributed by atoms with E-state index in [-0.39, 0.29) is 5.56 Å². The Labute approximate surface area is 185 Å². The predicted octanol–water partition coefficient (Wildman–Crippen LogP) is 4.18. The Morgan fingerprint density at radius 1 is 0.875 bits per heavy atom. The van der Waals surface area contributed by atoms with Crippen LogP contribution in [0, 0.1) is 0 Å². The molecule has 1 amide bonds. The minimum absolute atomic E-state index is 0.0850. The summed E-state index contributed by atoms with van der Waals surface area (Å²) in [5, 5.41) is 5.02. The van der Waals surface area contributed by atoms with E-state index in [4.69, 9.17) is 9.47 Å². The number of aromatic nitrogens is 1. The molecule has 0 unspecified atom stereocenters. The lowest BCUT2D eigenvalue weighted by atomic mass is 10.0. The summed E-state index contributed by atoms with van der Waals surface area (Å²) in [6.07, 6.45) is 0.596. The number of aromatic amines is 1. The molecule has 1 aromatic heterocycles. The fourth-order valence-corrected chi connectivity index (χ4v) is 3.63. The van der Waals surface area contributed by atoms with E-state index in [1.165, 1.54) is 0 Å². The fraction of sp³-hybridized carbons (Fsp3) is 0.154. The van der Waals surface area contributed by atoms with E-state index < -0.39 is 11.5 Å². The molecule has 4 aromatic rings. The van der Waals surface area contributed by atoms with Gasteiger partial charge in [-0.25, -0.2) is 0 Å². The first-order valence-corrected chi connectivity index (χ1v) is 10.3. The maximum Gasteiger partial charge on any atom is 0.261 e. The van der Waals surface area contributed by atoms with Crippen LogP contribution in [0.5, 0.6) is 11.5 Å². The highest BCUT2D eigenvalue weighted by molar-refractivity contribution is 5.94. The maximum atomic E-state index is 12.6. The number of pyridine rings is 1. The van der Waals surface area contributed by atoms with Gasteiger partial charge in [0.05, 0.1) is 14.2 Å². The lowest BCUT2D eigenvalue weighted by Gasteiger charge is -2.10. The lowest BCUT2D eigenvalue weighted by molar-refractivity contribution is 0.0952. The van der Waals surface area contributed by atoms with Gasteiger partial charge in [0.2, 0.25) is 0 Å². The van der Waals surface area contributed by atoms with Gasteiger partial charge >= 0.3 is 0 Å². The van der Waals surface area contributed by atoms with E-state index in [0.717, 1.165) is 21.9 Å². The number of H-pyrrole nitrogens is 1. The Hall–Kier alpha value is -4.06. The van der Waals surface area contributed by atoms with Crippen LogP contribution in [-0.4, -0.2) is 31.7 Å². The minimum Gasteiger partial charge on any atom is -0.493 e. The Morgan fingerprint density at radius 3 is 2.41 bits per heavy atom. The topological polar surface area (TPSA) is 80.4 Å². The van der Waals surface area contributed by atoms with Crippen molar-refractivity contribution in [1.82, 2.24) is 10.3 Å². The first kappa shape index (κ1) is 21.2. The zero-order valence-electron chi connectivity index (χ0n) is 18.0. The van der Waals surface area contributed by atoms with Crippen LogP contribution in [0.1, 0.15) is 15.9 Å². The van der Waals surface area contributed by atoms with Crippen LogP contribution in [0.4, 0.5) is 0 Å². The van der Waals surface area contributed by atoms with Crippen LogP contribution in [0.25, 0.3) is 22.0 Å². The van der Waals surface area contributed by atoms with Crippen LogP contribution in [0.15, 0.2) is 77.6 Å². The van der Waals surface area contributed by atoms with Crippen molar-refractivity contribution in [2.45, 2.75) is 6.42 Å². The van der Waals surface area contributed by atoms with E-state index in [0.29, 0.717) is 30.2 Å². The maximum absolute atomic E-state index is 12.6.